The first kappa shape index (κ1) is 42.2. The van der Waals surface area contributed by atoms with E-state index in [2.05, 4.69) is 5.32 Å². The molecule has 1 amide bonds. The number of ether oxygens (including phenoxy) is 5. The highest BCUT2D eigenvalue weighted by molar-refractivity contribution is 5.97. The third-order valence-corrected chi connectivity index (χ3v) is 13.9. The first-order valence-electron chi connectivity index (χ1n) is 19.8. The molecule has 12 atom stereocenters. The van der Waals surface area contributed by atoms with Crippen molar-refractivity contribution in [1.29, 1.82) is 0 Å². The van der Waals surface area contributed by atoms with E-state index in [-0.39, 0.29) is 42.1 Å². The Balaban J connectivity index is 1.38. The van der Waals surface area contributed by atoms with Gasteiger partial charge in [-0.2, -0.15) is 0 Å². The van der Waals surface area contributed by atoms with Gasteiger partial charge in [-0.1, -0.05) is 57.2 Å². The number of hydrogen-bond donors (Lipinski definition) is 4. The monoisotopic (exact) mass is 817 g/mol. The van der Waals surface area contributed by atoms with Crippen molar-refractivity contribution < 1.29 is 67.8 Å². The van der Waals surface area contributed by atoms with Crippen LogP contribution in [0.1, 0.15) is 88.4 Å². The molecule has 0 unspecified atom stereocenters. The van der Waals surface area contributed by atoms with Crippen molar-refractivity contribution in [3.05, 3.63) is 82.9 Å². The number of aliphatic hydroxyl groups excluding tert-OH is 2. The third kappa shape index (κ3) is 6.48. The molecular formula is C44H51NO14. The van der Waals surface area contributed by atoms with E-state index in [0.717, 1.165) is 13.8 Å². The van der Waals surface area contributed by atoms with Gasteiger partial charge in [-0.25, -0.2) is 9.59 Å². The predicted molar refractivity (Wildman–Crippen MR) is 205 cm³/mol. The number of carbonyl (C=O) groups is 6. The molecule has 4 N–H and O–H groups in total. The van der Waals surface area contributed by atoms with Crippen molar-refractivity contribution in [2.45, 2.75) is 121 Å². The fraction of sp³-hybridized carbons (Fsp3) is 0.545. The molecule has 4 aliphatic carbocycles. The van der Waals surface area contributed by atoms with Crippen LogP contribution in [0.2, 0.25) is 0 Å². The number of benzene rings is 2. The van der Waals surface area contributed by atoms with Crippen LogP contribution in [-0.2, 0) is 42.9 Å². The first-order chi connectivity index (χ1) is 27.7. The first-order valence-corrected chi connectivity index (χ1v) is 19.8. The van der Waals surface area contributed by atoms with Crippen LogP contribution in [0.5, 0.6) is 0 Å². The molecule has 15 heteroatoms. The van der Waals surface area contributed by atoms with Crippen LogP contribution >= 0.6 is 0 Å². The molecule has 316 valence electrons. The normalized spacial score (nSPS) is 37.1. The van der Waals surface area contributed by atoms with E-state index in [1.807, 2.05) is 0 Å². The lowest BCUT2D eigenvalue weighted by atomic mass is 9.44. The van der Waals surface area contributed by atoms with Crippen molar-refractivity contribution in [2.75, 3.05) is 6.61 Å². The van der Waals surface area contributed by atoms with Gasteiger partial charge in [0.1, 0.15) is 23.9 Å². The lowest BCUT2D eigenvalue weighted by molar-refractivity contribution is -0.346. The molecular weight excluding hydrogens is 766 g/mol. The van der Waals surface area contributed by atoms with Crippen molar-refractivity contribution in [3.8, 4) is 0 Å². The molecule has 2 bridgehead atoms. The highest BCUT2D eigenvalue weighted by atomic mass is 16.6. The second-order valence-corrected chi connectivity index (χ2v) is 17.5. The second kappa shape index (κ2) is 14.6. The summed E-state index contributed by atoms with van der Waals surface area (Å²) < 4.78 is 30.2. The summed E-state index contributed by atoms with van der Waals surface area (Å²) in [5.74, 6) is -6.95. The molecule has 2 aromatic carbocycles. The second-order valence-electron chi connectivity index (χ2n) is 17.5. The Morgan fingerprint density at radius 2 is 1.47 bits per heavy atom. The topological polar surface area (TPSA) is 221 Å². The largest absolute Gasteiger partial charge is 0.456 e. The van der Waals surface area contributed by atoms with Crippen LogP contribution in [0.15, 0.2) is 71.8 Å². The average Bonchev–Trinajstić information content (AvgIpc) is 3.84. The maximum absolute atomic E-state index is 15.4. The molecule has 59 heavy (non-hydrogen) atoms. The number of carbonyl (C=O) groups excluding carboxylic acids is 6. The number of ketones is 1. The van der Waals surface area contributed by atoms with E-state index in [9.17, 15) is 39.3 Å². The Morgan fingerprint density at radius 1 is 0.881 bits per heavy atom. The van der Waals surface area contributed by atoms with Crippen molar-refractivity contribution in [3.63, 3.8) is 0 Å². The molecule has 15 nitrogen and oxygen atoms in total. The summed E-state index contributed by atoms with van der Waals surface area (Å²) in [5, 5.41) is 40.0. The maximum Gasteiger partial charge on any atom is 0.338 e. The molecule has 0 aromatic heterocycles. The number of rotatable bonds is 9. The fourth-order valence-corrected chi connectivity index (χ4v) is 10.4. The zero-order valence-electron chi connectivity index (χ0n) is 34.1. The van der Waals surface area contributed by atoms with Crippen molar-refractivity contribution >= 4 is 35.6 Å². The van der Waals surface area contributed by atoms with Crippen LogP contribution in [-0.4, -0.2) is 111 Å². The molecule has 5 aliphatic rings. The van der Waals surface area contributed by atoms with Crippen LogP contribution in [0, 0.1) is 22.7 Å². The van der Waals surface area contributed by atoms with Crippen LogP contribution in [0.4, 0.5) is 0 Å². The van der Waals surface area contributed by atoms with E-state index in [0.29, 0.717) is 5.56 Å². The summed E-state index contributed by atoms with van der Waals surface area (Å²) in [7, 11) is 0. The molecule has 4 fully saturated rings. The van der Waals surface area contributed by atoms with Crippen molar-refractivity contribution in [1.82, 2.24) is 5.32 Å². The summed E-state index contributed by atoms with van der Waals surface area (Å²) >= 11 is 0. The van der Waals surface area contributed by atoms with Gasteiger partial charge in [-0.05, 0) is 61.6 Å². The van der Waals surface area contributed by atoms with Crippen LogP contribution in [0.3, 0.4) is 0 Å². The third-order valence-electron chi connectivity index (χ3n) is 13.9. The van der Waals surface area contributed by atoms with Crippen LogP contribution < -0.4 is 5.32 Å². The van der Waals surface area contributed by atoms with Crippen molar-refractivity contribution in [2.24, 2.45) is 22.7 Å². The Morgan fingerprint density at radius 3 is 2.00 bits per heavy atom. The van der Waals surface area contributed by atoms with E-state index in [1.54, 1.807) is 69.3 Å². The molecule has 0 spiro atoms. The minimum absolute atomic E-state index is 0.0202. The average molecular weight is 818 g/mol. The van der Waals surface area contributed by atoms with E-state index >= 15 is 4.79 Å². The highest BCUT2D eigenvalue weighted by Gasteiger charge is 2.78. The minimum atomic E-state index is -2.36. The Kier molecular flexibility index (Phi) is 10.5. The molecule has 1 heterocycles. The van der Waals surface area contributed by atoms with E-state index < -0.39 is 112 Å². The van der Waals surface area contributed by atoms with Gasteiger partial charge in [0, 0.05) is 37.7 Å². The number of Topliss-reactive ketones (excluding diaryl/α,β-unsaturated/α-hetero) is 1. The smallest absolute Gasteiger partial charge is 0.338 e. The standard InChI is InChI=1S/C44H51NO14/c1-22-19-42(22,45-37(51)26-14-10-8-11-15-26)35(50)39(53)57-28-20-44(54)36(58-38(52)27-16-12-9-13-17-27)33-41(7,29(48)18-30-43(33,21-55-30)59-25(4)47)34(49)32(56-24(3)46)31(23(28)2)40(44,5)6/h8-17,22,28-30,32-33,35-36,48,50,54H,18-21H2,1-7H3,(H,45,51)/t22-,28+,29+,30-,32-,33+,35-,36+,41-,42-,43+,44-/m1/s1. The van der Waals surface area contributed by atoms with Gasteiger partial charge in [-0.15, -0.1) is 0 Å². The van der Waals surface area contributed by atoms with E-state index in [4.69, 9.17) is 23.7 Å². The number of nitrogens with one attached hydrogen (secondary N) is 1. The predicted octanol–water partition coefficient (Wildman–Crippen LogP) is 2.77. The summed E-state index contributed by atoms with van der Waals surface area (Å²) in [6.07, 6.45) is -9.94. The minimum Gasteiger partial charge on any atom is -0.456 e. The van der Waals surface area contributed by atoms with Gasteiger partial charge >= 0.3 is 23.9 Å². The van der Waals surface area contributed by atoms with Gasteiger partial charge in [-0.3, -0.25) is 19.2 Å². The zero-order chi connectivity index (χ0) is 43.0. The number of amides is 1. The van der Waals surface area contributed by atoms with Gasteiger partial charge in [0.05, 0.1) is 35.1 Å². The van der Waals surface area contributed by atoms with Gasteiger partial charge in [0.25, 0.3) is 5.91 Å². The maximum atomic E-state index is 15.4. The molecule has 0 radical (unpaired) electrons. The van der Waals surface area contributed by atoms with Gasteiger partial charge in [0.15, 0.2) is 23.6 Å². The molecule has 2 aromatic rings. The molecule has 7 rings (SSSR count). The summed E-state index contributed by atoms with van der Waals surface area (Å²) in [6, 6.07) is 16.1. The molecule has 1 aliphatic heterocycles. The van der Waals surface area contributed by atoms with Gasteiger partial charge in [0.2, 0.25) is 0 Å². The fourth-order valence-electron chi connectivity index (χ4n) is 10.4. The van der Waals surface area contributed by atoms with Crippen LogP contribution in [0.25, 0.3) is 0 Å². The molecule has 3 saturated carbocycles. The lowest BCUT2D eigenvalue weighted by Crippen LogP contribution is -2.82. The quantitative estimate of drug-likeness (QED) is 0.163. The molecule has 1 saturated heterocycles. The van der Waals surface area contributed by atoms with Gasteiger partial charge < -0.3 is 44.3 Å². The lowest BCUT2D eigenvalue weighted by Gasteiger charge is -2.67. The summed E-state index contributed by atoms with van der Waals surface area (Å²) in [6.45, 7) is 9.79. The SMILES string of the molecule is CC(=O)O[C@H]1C(=O)[C@@]2(C)[C@H]([C@H](OC(=O)c3ccccc3)[C@]3(O)C[C@H](OC(=O)[C@@H](O)[C@@]4(NC(=O)c5ccccc5)C[C@H]4C)C(C)=C1C3(C)C)[C@]1(OC(C)=O)CO[C@@H]1C[C@@H]2O. The summed E-state index contributed by atoms with van der Waals surface area (Å²) in [4.78, 5) is 82.8. The Labute approximate surface area is 341 Å². The Bertz CT molecular complexity index is 2100. The summed E-state index contributed by atoms with van der Waals surface area (Å²) in [5.41, 5.74) is -8.55. The number of hydrogen-bond acceptors (Lipinski definition) is 14. The number of aliphatic hydroxyl groups is 3. The van der Waals surface area contributed by atoms with E-state index in [1.165, 1.54) is 26.0 Å². The highest BCUT2D eigenvalue weighted by Crippen LogP contribution is 2.64. The zero-order valence-corrected chi connectivity index (χ0v) is 34.1. The Hall–Kier alpha value is -4.96. The number of fused-ring (bicyclic) bond motifs is 5. The number of esters is 4.